The summed E-state index contributed by atoms with van der Waals surface area (Å²) in [5, 5.41) is 14.8. The van der Waals surface area contributed by atoms with Gasteiger partial charge in [0.25, 0.3) is 5.91 Å². The summed E-state index contributed by atoms with van der Waals surface area (Å²) >= 11 is 7.32. The van der Waals surface area contributed by atoms with Gasteiger partial charge in [-0.3, -0.25) is 9.59 Å². The summed E-state index contributed by atoms with van der Waals surface area (Å²) in [7, 11) is 0. The van der Waals surface area contributed by atoms with E-state index in [0.717, 1.165) is 10.5 Å². The maximum absolute atomic E-state index is 12.4. The Balaban J connectivity index is 1.60. The van der Waals surface area contributed by atoms with E-state index in [1.54, 1.807) is 24.3 Å². The minimum absolute atomic E-state index is 0.0319. The molecule has 0 spiro atoms. The maximum atomic E-state index is 12.4. The highest BCUT2D eigenvalue weighted by Gasteiger charge is 2.11. The Morgan fingerprint density at radius 1 is 0.935 bits per heavy atom. The molecule has 3 aromatic carbocycles. The van der Waals surface area contributed by atoms with Gasteiger partial charge in [0.1, 0.15) is 0 Å². The molecule has 0 saturated carbocycles. The second-order valence-corrected chi connectivity index (χ2v) is 8.14. The molecule has 0 aliphatic heterocycles. The van der Waals surface area contributed by atoms with E-state index in [0.29, 0.717) is 11.3 Å². The molecule has 2 amide bonds. The predicted octanol–water partition coefficient (Wildman–Crippen LogP) is 5.33. The van der Waals surface area contributed by atoms with E-state index >= 15 is 0 Å². The molecule has 0 aromatic heterocycles. The van der Waals surface area contributed by atoms with Crippen molar-refractivity contribution in [2.75, 3.05) is 16.4 Å². The van der Waals surface area contributed by atoms with Crippen LogP contribution in [0, 0.1) is 6.92 Å². The van der Waals surface area contributed by atoms with Crippen molar-refractivity contribution in [3.63, 3.8) is 0 Å². The van der Waals surface area contributed by atoms with Gasteiger partial charge < -0.3 is 15.7 Å². The molecule has 0 saturated heterocycles. The van der Waals surface area contributed by atoms with E-state index in [1.807, 2.05) is 31.2 Å². The van der Waals surface area contributed by atoms with E-state index in [-0.39, 0.29) is 33.8 Å². The van der Waals surface area contributed by atoms with Gasteiger partial charge in [0, 0.05) is 16.1 Å². The number of hydrogen-bond acceptors (Lipinski definition) is 4. The number of nitrogens with one attached hydrogen (secondary N) is 2. The highest BCUT2D eigenvalue weighted by Crippen LogP contribution is 2.25. The zero-order chi connectivity index (χ0) is 22.4. The van der Waals surface area contributed by atoms with Crippen LogP contribution < -0.4 is 10.6 Å². The normalized spacial score (nSPS) is 10.4. The summed E-state index contributed by atoms with van der Waals surface area (Å²) in [6, 6.07) is 18.6. The first-order valence-electron chi connectivity index (χ1n) is 9.25. The smallest absolute Gasteiger partial charge is 0.335 e. The van der Waals surface area contributed by atoms with Crippen molar-refractivity contribution < 1.29 is 19.5 Å². The third-order valence-electron chi connectivity index (χ3n) is 4.23. The van der Waals surface area contributed by atoms with E-state index in [2.05, 4.69) is 10.6 Å². The van der Waals surface area contributed by atoms with Crippen molar-refractivity contribution in [3.05, 3.63) is 88.4 Å². The molecular weight excluding hydrogens is 436 g/mol. The maximum Gasteiger partial charge on any atom is 0.335 e. The molecule has 0 aliphatic carbocycles. The first-order valence-corrected chi connectivity index (χ1v) is 10.6. The number of amides is 2. The fourth-order valence-electron chi connectivity index (χ4n) is 2.74. The summed E-state index contributed by atoms with van der Waals surface area (Å²) in [6.07, 6.45) is 0. The summed E-state index contributed by atoms with van der Waals surface area (Å²) < 4.78 is 0. The van der Waals surface area contributed by atoms with Crippen molar-refractivity contribution in [2.24, 2.45) is 0 Å². The fourth-order valence-corrected chi connectivity index (χ4v) is 3.66. The number of carbonyl (C=O) groups excluding carboxylic acids is 2. The molecule has 0 atom stereocenters. The molecule has 6 nitrogen and oxygen atoms in total. The molecule has 3 aromatic rings. The molecule has 3 N–H and O–H groups in total. The van der Waals surface area contributed by atoms with Crippen LogP contribution in [0.4, 0.5) is 11.4 Å². The first kappa shape index (κ1) is 22.4. The van der Waals surface area contributed by atoms with E-state index < -0.39 is 5.97 Å². The molecule has 0 radical (unpaired) electrons. The van der Waals surface area contributed by atoms with Gasteiger partial charge in [-0.25, -0.2) is 4.79 Å². The Labute approximate surface area is 188 Å². The Hall–Kier alpha value is -3.29. The summed E-state index contributed by atoms with van der Waals surface area (Å²) in [6.45, 7) is 1.92. The molecule has 0 fully saturated rings. The van der Waals surface area contributed by atoms with Crippen molar-refractivity contribution in [3.8, 4) is 0 Å². The molecule has 158 valence electrons. The summed E-state index contributed by atoms with van der Waals surface area (Å²) in [5.41, 5.74) is 2.46. The Kier molecular flexibility index (Phi) is 7.33. The molecule has 0 unspecified atom stereocenters. The molecule has 3 rings (SSSR count). The summed E-state index contributed by atoms with van der Waals surface area (Å²) in [5.74, 6) is -1.56. The average Bonchev–Trinajstić information content (AvgIpc) is 2.74. The molecule has 8 heteroatoms. The van der Waals surface area contributed by atoms with E-state index in [9.17, 15) is 14.4 Å². The van der Waals surface area contributed by atoms with E-state index in [1.165, 1.54) is 30.0 Å². The van der Waals surface area contributed by atoms with Gasteiger partial charge >= 0.3 is 5.97 Å². The van der Waals surface area contributed by atoms with Crippen molar-refractivity contribution in [1.82, 2.24) is 0 Å². The number of carboxylic acids is 1. The quantitative estimate of drug-likeness (QED) is 0.419. The highest BCUT2D eigenvalue weighted by atomic mass is 35.5. The number of anilines is 2. The number of aryl methyl sites for hydroxylation is 1. The molecular formula is C23H19ClN2O4S. The number of carbonyl (C=O) groups is 3. The number of benzene rings is 3. The third-order valence-corrected chi connectivity index (χ3v) is 5.55. The summed E-state index contributed by atoms with van der Waals surface area (Å²) in [4.78, 5) is 36.6. The van der Waals surface area contributed by atoms with Crippen LogP contribution in [0.25, 0.3) is 0 Å². The van der Waals surface area contributed by atoms with Crippen LogP contribution in [0.5, 0.6) is 0 Å². The first-order chi connectivity index (χ1) is 14.8. The molecule has 0 bridgehead atoms. The Bertz CT molecular complexity index is 1150. The Morgan fingerprint density at radius 3 is 2.45 bits per heavy atom. The lowest BCUT2D eigenvalue weighted by Gasteiger charge is -2.09. The van der Waals surface area contributed by atoms with Crippen molar-refractivity contribution >= 4 is 52.5 Å². The van der Waals surface area contributed by atoms with Gasteiger partial charge in [0.15, 0.2) is 0 Å². The zero-order valence-electron chi connectivity index (χ0n) is 16.5. The lowest BCUT2D eigenvalue weighted by Crippen LogP contribution is -2.15. The SMILES string of the molecule is Cc1cccc(C(=O)Nc2cccc(SCC(=O)Nc3cc(C(=O)O)ccc3Cl)c2)c1. The largest absolute Gasteiger partial charge is 0.478 e. The van der Waals surface area contributed by atoms with Gasteiger partial charge in [-0.1, -0.05) is 35.4 Å². The fraction of sp³-hybridized carbons (Fsp3) is 0.0870. The second kappa shape index (κ2) is 10.1. The third kappa shape index (κ3) is 6.34. The highest BCUT2D eigenvalue weighted by molar-refractivity contribution is 8.00. The second-order valence-electron chi connectivity index (χ2n) is 6.69. The predicted molar refractivity (Wildman–Crippen MR) is 123 cm³/mol. The van der Waals surface area contributed by atoms with Crippen LogP contribution in [0.1, 0.15) is 26.3 Å². The van der Waals surface area contributed by atoms with Crippen LogP contribution >= 0.6 is 23.4 Å². The molecule has 0 aliphatic rings. The van der Waals surface area contributed by atoms with Crippen LogP contribution in [-0.4, -0.2) is 28.6 Å². The number of hydrogen-bond donors (Lipinski definition) is 3. The average molecular weight is 455 g/mol. The minimum atomic E-state index is -1.11. The lowest BCUT2D eigenvalue weighted by atomic mass is 10.1. The van der Waals surface area contributed by atoms with Gasteiger partial charge in [-0.15, -0.1) is 11.8 Å². The van der Waals surface area contributed by atoms with Gasteiger partial charge in [0.2, 0.25) is 5.91 Å². The van der Waals surface area contributed by atoms with Crippen LogP contribution in [-0.2, 0) is 4.79 Å². The van der Waals surface area contributed by atoms with E-state index in [4.69, 9.17) is 16.7 Å². The van der Waals surface area contributed by atoms with Crippen LogP contribution in [0.2, 0.25) is 5.02 Å². The lowest BCUT2D eigenvalue weighted by molar-refractivity contribution is -0.113. The number of aromatic carboxylic acids is 1. The Morgan fingerprint density at radius 2 is 1.71 bits per heavy atom. The van der Waals surface area contributed by atoms with Crippen LogP contribution in [0.3, 0.4) is 0 Å². The van der Waals surface area contributed by atoms with Gasteiger partial charge in [0.05, 0.1) is 22.0 Å². The monoisotopic (exact) mass is 454 g/mol. The number of halogens is 1. The standard InChI is InChI=1S/C23H19ClN2O4S/c1-14-4-2-5-15(10-14)22(28)25-17-6-3-7-18(12-17)31-13-21(27)26-20-11-16(23(29)30)8-9-19(20)24/h2-12H,13H2,1H3,(H,25,28)(H,26,27)(H,29,30). The topological polar surface area (TPSA) is 95.5 Å². The number of carboxylic acid groups (broad SMARTS) is 1. The molecule has 0 heterocycles. The van der Waals surface area contributed by atoms with Crippen molar-refractivity contribution in [1.29, 1.82) is 0 Å². The number of thioether (sulfide) groups is 1. The number of rotatable bonds is 7. The van der Waals surface area contributed by atoms with Crippen LogP contribution in [0.15, 0.2) is 71.6 Å². The minimum Gasteiger partial charge on any atom is -0.478 e. The van der Waals surface area contributed by atoms with Crippen molar-refractivity contribution in [2.45, 2.75) is 11.8 Å². The zero-order valence-corrected chi connectivity index (χ0v) is 18.1. The molecule has 31 heavy (non-hydrogen) atoms. The van der Waals surface area contributed by atoms with Gasteiger partial charge in [-0.2, -0.15) is 0 Å². The van der Waals surface area contributed by atoms with Gasteiger partial charge in [-0.05, 0) is 55.5 Å².